The summed E-state index contributed by atoms with van der Waals surface area (Å²) in [4.78, 5) is 29.0. The van der Waals surface area contributed by atoms with E-state index in [0.717, 1.165) is 15.6 Å². The molecule has 1 aliphatic rings. The van der Waals surface area contributed by atoms with Crippen molar-refractivity contribution in [3.05, 3.63) is 59.2 Å². The summed E-state index contributed by atoms with van der Waals surface area (Å²) in [5.74, 6) is -0.0238. The molecule has 1 fully saturated rings. The van der Waals surface area contributed by atoms with Gasteiger partial charge in [-0.15, -0.1) is 11.3 Å². The minimum Gasteiger partial charge on any atom is -0.347 e. The summed E-state index contributed by atoms with van der Waals surface area (Å²) < 4.78 is 26.9. The summed E-state index contributed by atoms with van der Waals surface area (Å²) in [5, 5.41) is 3.43. The van der Waals surface area contributed by atoms with Gasteiger partial charge in [-0.2, -0.15) is 0 Å². The van der Waals surface area contributed by atoms with Gasteiger partial charge in [-0.3, -0.25) is 14.6 Å². The van der Waals surface area contributed by atoms with Gasteiger partial charge >= 0.3 is 0 Å². The lowest BCUT2D eigenvalue weighted by Gasteiger charge is -2.26. The van der Waals surface area contributed by atoms with Gasteiger partial charge in [0.15, 0.2) is 9.84 Å². The topological polar surface area (TPSA) is 93.2 Å². The summed E-state index contributed by atoms with van der Waals surface area (Å²) in [7, 11) is -3.42. The van der Waals surface area contributed by atoms with Crippen LogP contribution in [0.25, 0.3) is 10.1 Å². The SMILES string of the molecule is CC(=O)C1CCC(S(=O)(=O)c2ccc(CNC(=O)c3cc4ccncc4s3)cc2)CC1. The number of nitrogens with zero attached hydrogens (tertiary/aromatic N) is 1. The number of sulfone groups is 1. The first-order valence-electron chi connectivity index (χ1n) is 10.3. The number of nitrogens with one attached hydrogen (secondary N) is 1. The van der Waals surface area contributed by atoms with Gasteiger partial charge in [0.1, 0.15) is 5.78 Å². The molecule has 0 unspecified atom stereocenters. The molecule has 1 aromatic carbocycles. The number of carbonyl (C=O) groups excluding carboxylic acids is 2. The van der Waals surface area contributed by atoms with Crippen molar-refractivity contribution in [2.75, 3.05) is 0 Å². The smallest absolute Gasteiger partial charge is 0.261 e. The molecule has 1 N–H and O–H groups in total. The quantitative estimate of drug-likeness (QED) is 0.601. The summed E-state index contributed by atoms with van der Waals surface area (Å²) in [5.41, 5.74) is 0.829. The minimum atomic E-state index is -3.42. The number of fused-ring (bicyclic) bond motifs is 1. The molecule has 162 valence electrons. The Hall–Kier alpha value is -2.58. The highest BCUT2D eigenvalue weighted by Crippen LogP contribution is 2.32. The molecule has 31 heavy (non-hydrogen) atoms. The van der Waals surface area contributed by atoms with E-state index in [-0.39, 0.29) is 17.6 Å². The molecule has 6 nitrogen and oxygen atoms in total. The molecule has 3 aromatic rings. The van der Waals surface area contributed by atoms with Crippen molar-refractivity contribution in [3.63, 3.8) is 0 Å². The predicted octanol–water partition coefficient (Wildman–Crippen LogP) is 4.15. The number of rotatable bonds is 6. The number of thiophene rings is 1. The summed E-state index contributed by atoms with van der Waals surface area (Å²) >= 11 is 1.39. The van der Waals surface area contributed by atoms with E-state index in [2.05, 4.69) is 10.3 Å². The Balaban J connectivity index is 1.37. The zero-order valence-corrected chi connectivity index (χ0v) is 18.8. The van der Waals surface area contributed by atoms with Crippen LogP contribution in [0.4, 0.5) is 0 Å². The largest absolute Gasteiger partial charge is 0.347 e. The van der Waals surface area contributed by atoms with E-state index in [1.807, 2.05) is 12.1 Å². The molecular formula is C23H24N2O4S2. The summed E-state index contributed by atoms with van der Waals surface area (Å²) in [6.07, 6.45) is 5.75. The number of benzene rings is 1. The van der Waals surface area contributed by atoms with E-state index in [0.29, 0.717) is 42.0 Å². The first-order valence-corrected chi connectivity index (χ1v) is 12.7. The van der Waals surface area contributed by atoms with Crippen LogP contribution in [-0.4, -0.2) is 30.3 Å². The molecule has 8 heteroatoms. The fraction of sp³-hybridized carbons (Fsp3) is 0.348. The molecule has 2 aromatic heterocycles. The Morgan fingerprint density at radius 2 is 1.81 bits per heavy atom. The van der Waals surface area contributed by atoms with Crippen LogP contribution in [0.15, 0.2) is 53.7 Å². The molecular weight excluding hydrogens is 432 g/mol. The number of pyridine rings is 1. The lowest BCUT2D eigenvalue weighted by Crippen LogP contribution is -2.29. The number of Topliss-reactive ketones (excluding diaryl/α,β-unsaturated/α-hetero) is 1. The van der Waals surface area contributed by atoms with E-state index in [1.165, 1.54) is 11.3 Å². The Morgan fingerprint density at radius 3 is 2.45 bits per heavy atom. The van der Waals surface area contributed by atoms with Crippen LogP contribution in [0.5, 0.6) is 0 Å². The third kappa shape index (κ3) is 4.70. The van der Waals surface area contributed by atoms with Gasteiger partial charge in [0, 0.05) is 24.9 Å². The Labute approximate surface area is 185 Å². The number of aromatic nitrogens is 1. The highest BCUT2D eigenvalue weighted by atomic mass is 32.2. The minimum absolute atomic E-state index is 0.00496. The van der Waals surface area contributed by atoms with Crippen LogP contribution in [-0.2, 0) is 21.2 Å². The third-order valence-electron chi connectivity index (χ3n) is 5.94. The van der Waals surface area contributed by atoms with Gasteiger partial charge in [0.2, 0.25) is 0 Å². The zero-order chi connectivity index (χ0) is 22.0. The van der Waals surface area contributed by atoms with E-state index in [9.17, 15) is 18.0 Å². The standard InChI is InChI=1S/C23H24N2O4S2/c1-15(26)17-4-8-20(9-5-17)31(28,29)19-6-2-16(3-7-19)13-25-23(27)21-12-18-10-11-24-14-22(18)30-21/h2-3,6-7,10-12,14,17,20H,4-5,8-9,13H2,1H3,(H,25,27). The second-order valence-electron chi connectivity index (χ2n) is 7.98. The highest BCUT2D eigenvalue weighted by Gasteiger charge is 2.33. The normalized spacial score (nSPS) is 19.3. The van der Waals surface area contributed by atoms with Gasteiger partial charge in [0.05, 0.1) is 19.7 Å². The van der Waals surface area contributed by atoms with Crippen LogP contribution in [0.3, 0.4) is 0 Å². The van der Waals surface area contributed by atoms with Crippen molar-refractivity contribution in [1.29, 1.82) is 0 Å². The average molecular weight is 457 g/mol. The second-order valence-corrected chi connectivity index (χ2v) is 11.3. The van der Waals surface area contributed by atoms with Gasteiger partial charge in [-0.05, 0) is 67.8 Å². The molecule has 0 saturated heterocycles. The maximum Gasteiger partial charge on any atom is 0.261 e. The van der Waals surface area contributed by atoms with E-state index >= 15 is 0 Å². The van der Waals surface area contributed by atoms with Crippen LogP contribution >= 0.6 is 11.3 Å². The van der Waals surface area contributed by atoms with Gasteiger partial charge in [-0.1, -0.05) is 12.1 Å². The van der Waals surface area contributed by atoms with Crippen LogP contribution in [0, 0.1) is 5.92 Å². The molecule has 1 saturated carbocycles. The molecule has 0 radical (unpaired) electrons. The molecule has 0 bridgehead atoms. The lowest BCUT2D eigenvalue weighted by atomic mass is 9.86. The number of carbonyl (C=O) groups is 2. The summed E-state index contributed by atoms with van der Waals surface area (Å²) in [6, 6.07) is 10.4. The van der Waals surface area contributed by atoms with Crippen molar-refractivity contribution >= 4 is 43.0 Å². The molecule has 0 spiro atoms. The van der Waals surface area contributed by atoms with Crippen molar-refractivity contribution < 1.29 is 18.0 Å². The second kappa shape index (κ2) is 8.88. The van der Waals surface area contributed by atoms with E-state index in [4.69, 9.17) is 0 Å². The van der Waals surface area contributed by atoms with Crippen molar-refractivity contribution in [2.45, 2.75) is 49.3 Å². The highest BCUT2D eigenvalue weighted by molar-refractivity contribution is 7.92. The number of hydrogen-bond donors (Lipinski definition) is 1. The molecule has 4 rings (SSSR count). The monoisotopic (exact) mass is 456 g/mol. The Morgan fingerprint density at radius 1 is 1.10 bits per heavy atom. The van der Waals surface area contributed by atoms with Crippen LogP contribution < -0.4 is 5.32 Å². The number of amides is 1. The molecule has 1 aliphatic carbocycles. The van der Waals surface area contributed by atoms with Crippen molar-refractivity contribution in [2.24, 2.45) is 5.92 Å². The van der Waals surface area contributed by atoms with Gasteiger partial charge in [-0.25, -0.2) is 8.42 Å². The fourth-order valence-electron chi connectivity index (χ4n) is 4.03. The van der Waals surface area contributed by atoms with E-state index < -0.39 is 15.1 Å². The van der Waals surface area contributed by atoms with Crippen molar-refractivity contribution in [1.82, 2.24) is 10.3 Å². The van der Waals surface area contributed by atoms with Gasteiger partial charge in [0.25, 0.3) is 5.91 Å². The average Bonchev–Trinajstić information content (AvgIpc) is 3.22. The van der Waals surface area contributed by atoms with Gasteiger partial charge < -0.3 is 5.32 Å². The Kier molecular flexibility index (Phi) is 6.20. The molecule has 0 atom stereocenters. The maximum atomic E-state index is 13.0. The Bertz CT molecular complexity index is 1170. The van der Waals surface area contributed by atoms with E-state index in [1.54, 1.807) is 43.6 Å². The van der Waals surface area contributed by atoms with Crippen LogP contribution in [0.2, 0.25) is 0 Å². The maximum absolute atomic E-state index is 13.0. The molecule has 1 amide bonds. The number of ketones is 1. The summed E-state index contributed by atoms with van der Waals surface area (Å²) in [6.45, 7) is 1.89. The first-order chi connectivity index (χ1) is 14.8. The van der Waals surface area contributed by atoms with Crippen molar-refractivity contribution in [3.8, 4) is 0 Å². The predicted molar refractivity (Wildman–Crippen MR) is 121 cm³/mol. The van der Waals surface area contributed by atoms with Crippen LogP contribution in [0.1, 0.15) is 47.8 Å². The third-order valence-corrected chi connectivity index (χ3v) is 9.30. The zero-order valence-electron chi connectivity index (χ0n) is 17.2. The fourth-order valence-corrected chi connectivity index (χ4v) is 6.77. The number of hydrogen-bond acceptors (Lipinski definition) is 6. The lowest BCUT2D eigenvalue weighted by molar-refractivity contribution is -0.121. The molecule has 0 aliphatic heterocycles. The first kappa shape index (κ1) is 21.6. The molecule has 2 heterocycles.